The summed E-state index contributed by atoms with van der Waals surface area (Å²) in [6, 6.07) is 4.38. The van der Waals surface area contributed by atoms with Gasteiger partial charge in [0.05, 0.1) is 5.56 Å². The van der Waals surface area contributed by atoms with Gasteiger partial charge in [0, 0.05) is 11.6 Å². The van der Waals surface area contributed by atoms with Crippen molar-refractivity contribution in [3.05, 3.63) is 33.8 Å². The molecule has 2 rings (SSSR count). The molecule has 6 heteroatoms. The fraction of sp³-hybridized carbons (Fsp3) is 0.273. The molecule has 0 aliphatic carbocycles. The van der Waals surface area contributed by atoms with Crippen molar-refractivity contribution in [1.82, 2.24) is 14.8 Å². The lowest BCUT2D eigenvalue weighted by Crippen LogP contribution is -2.01. The van der Waals surface area contributed by atoms with Gasteiger partial charge in [0.25, 0.3) is 0 Å². The van der Waals surface area contributed by atoms with Crippen LogP contribution in [0.15, 0.2) is 18.2 Å². The SMILES string of the molecule is CCCn1c(-c2cc(Cl)ccc2F)n[nH]c1=S. The minimum absolute atomic E-state index is 0.360. The third-order valence-electron chi connectivity index (χ3n) is 2.37. The van der Waals surface area contributed by atoms with Gasteiger partial charge in [-0.15, -0.1) is 0 Å². The van der Waals surface area contributed by atoms with E-state index in [2.05, 4.69) is 10.2 Å². The minimum atomic E-state index is -0.360. The molecule has 3 nitrogen and oxygen atoms in total. The first-order valence-corrected chi connectivity index (χ1v) is 6.02. The van der Waals surface area contributed by atoms with Crippen molar-refractivity contribution in [2.24, 2.45) is 0 Å². The van der Waals surface area contributed by atoms with Crippen LogP contribution in [0.3, 0.4) is 0 Å². The molecule has 0 saturated carbocycles. The maximum atomic E-state index is 13.7. The third-order valence-corrected chi connectivity index (χ3v) is 2.92. The van der Waals surface area contributed by atoms with Crippen molar-refractivity contribution in [2.45, 2.75) is 19.9 Å². The van der Waals surface area contributed by atoms with Crippen molar-refractivity contribution in [3.63, 3.8) is 0 Å². The zero-order chi connectivity index (χ0) is 12.4. The summed E-state index contributed by atoms with van der Waals surface area (Å²) in [5.41, 5.74) is 0.360. The zero-order valence-electron chi connectivity index (χ0n) is 9.20. The normalized spacial score (nSPS) is 10.8. The molecule has 17 heavy (non-hydrogen) atoms. The van der Waals surface area contributed by atoms with Gasteiger partial charge in [-0.2, -0.15) is 5.10 Å². The minimum Gasteiger partial charge on any atom is -0.300 e. The standard InChI is InChI=1S/C11H11ClFN3S/c1-2-5-16-10(14-15-11(16)17)8-6-7(12)3-4-9(8)13/h3-4,6H,2,5H2,1H3,(H,15,17). The van der Waals surface area contributed by atoms with Crippen molar-refractivity contribution in [2.75, 3.05) is 0 Å². The maximum absolute atomic E-state index is 13.7. The lowest BCUT2D eigenvalue weighted by atomic mass is 10.2. The molecule has 2 aromatic rings. The second kappa shape index (κ2) is 4.98. The molecule has 0 unspecified atom stereocenters. The highest BCUT2D eigenvalue weighted by Gasteiger charge is 2.13. The molecule has 0 amide bonds. The molecule has 1 aromatic carbocycles. The number of benzene rings is 1. The molecule has 0 radical (unpaired) electrons. The summed E-state index contributed by atoms with van der Waals surface area (Å²) in [4.78, 5) is 0. The number of aromatic amines is 1. The molecule has 0 bridgehead atoms. The Kier molecular flexibility index (Phi) is 3.59. The van der Waals surface area contributed by atoms with Crippen LogP contribution >= 0.6 is 23.8 Å². The Bertz CT molecular complexity index is 591. The molecule has 1 aromatic heterocycles. The summed E-state index contributed by atoms with van der Waals surface area (Å²) in [7, 11) is 0. The number of hydrogen-bond acceptors (Lipinski definition) is 2. The van der Waals surface area contributed by atoms with Gasteiger partial charge in [-0.05, 0) is 36.8 Å². The Hall–Kier alpha value is -1.20. The van der Waals surface area contributed by atoms with Crippen LogP contribution in [0.1, 0.15) is 13.3 Å². The highest BCUT2D eigenvalue weighted by Crippen LogP contribution is 2.24. The summed E-state index contributed by atoms with van der Waals surface area (Å²) in [6.45, 7) is 2.71. The monoisotopic (exact) mass is 271 g/mol. The fourth-order valence-electron chi connectivity index (χ4n) is 1.62. The molecule has 1 N–H and O–H groups in total. The maximum Gasteiger partial charge on any atom is 0.195 e. The Balaban J connectivity index is 2.60. The van der Waals surface area contributed by atoms with Crippen molar-refractivity contribution in [3.8, 4) is 11.4 Å². The molecular weight excluding hydrogens is 261 g/mol. The molecule has 0 spiro atoms. The van der Waals surface area contributed by atoms with E-state index in [9.17, 15) is 4.39 Å². The van der Waals surface area contributed by atoms with E-state index in [0.29, 0.717) is 27.7 Å². The number of rotatable bonds is 3. The topological polar surface area (TPSA) is 33.6 Å². The molecular formula is C11H11ClFN3S. The van der Waals surface area contributed by atoms with E-state index in [1.54, 1.807) is 10.6 Å². The first-order valence-electron chi connectivity index (χ1n) is 5.24. The number of H-pyrrole nitrogens is 1. The molecule has 0 fully saturated rings. The van der Waals surface area contributed by atoms with Gasteiger partial charge in [0.15, 0.2) is 10.6 Å². The van der Waals surface area contributed by atoms with Crippen molar-refractivity contribution in [1.29, 1.82) is 0 Å². The van der Waals surface area contributed by atoms with Gasteiger partial charge >= 0.3 is 0 Å². The van der Waals surface area contributed by atoms with Gasteiger partial charge in [-0.25, -0.2) is 4.39 Å². The molecule has 0 saturated heterocycles. The van der Waals surface area contributed by atoms with E-state index in [0.717, 1.165) is 6.42 Å². The Labute approximate surface area is 108 Å². The van der Waals surface area contributed by atoms with Crippen LogP contribution in [0.2, 0.25) is 5.02 Å². The molecule has 0 aliphatic rings. The largest absolute Gasteiger partial charge is 0.300 e. The Morgan fingerprint density at radius 3 is 3.00 bits per heavy atom. The van der Waals surface area contributed by atoms with E-state index in [1.165, 1.54) is 12.1 Å². The van der Waals surface area contributed by atoms with E-state index in [4.69, 9.17) is 23.8 Å². The van der Waals surface area contributed by atoms with Gasteiger partial charge in [0.2, 0.25) is 0 Å². The second-order valence-corrected chi connectivity index (χ2v) is 4.45. The van der Waals surface area contributed by atoms with Crippen LogP contribution in [0.5, 0.6) is 0 Å². The van der Waals surface area contributed by atoms with E-state index >= 15 is 0 Å². The summed E-state index contributed by atoms with van der Waals surface area (Å²) in [5, 5.41) is 7.20. The van der Waals surface area contributed by atoms with Gasteiger partial charge in [-0.3, -0.25) is 5.10 Å². The predicted molar refractivity (Wildman–Crippen MR) is 68.1 cm³/mol. The van der Waals surface area contributed by atoms with Crippen LogP contribution < -0.4 is 0 Å². The number of halogens is 2. The van der Waals surface area contributed by atoms with Crippen LogP contribution in [-0.2, 0) is 6.54 Å². The summed E-state index contributed by atoms with van der Waals surface area (Å²) < 4.78 is 16.0. The molecule has 0 aliphatic heterocycles. The number of hydrogen-bond donors (Lipinski definition) is 1. The van der Waals surface area contributed by atoms with Crippen molar-refractivity contribution >= 4 is 23.8 Å². The summed E-state index contributed by atoms with van der Waals surface area (Å²) in [6.07, 6.45) is 0.892. The van der Waals surface area contributed by atoms with Gasteiger partial charge in [-0.1, -0.05) is 18.5 Å². The van der Waals surface area contributed by atoms with Crippen LogP contribution in [-0.4, -0.2) is 14.8 Å². The fourth-order valence-corrected chi connectivity index (χ4v) is 2.02. The van der Waals surface area contributed by atoms with Crippen LogP contribution in [0.25, 0.3) is 11.4 Å². The third kappa shape index (κ3) is 2.40. The highest BCUT2D eigenvalue weighted by atomic mass is 35.5. The number of nitrogens with one attached hydrogen (secondary N) is 1. The second-order valence-electron chi connectivity index (χ2n) is 3.63. The number of nitrogens with zero attached hydrogens (tertiary/aromatic N) is 2. The lowest BCUT2D eigenvalue weighted by Gasteiger charge is -2.06. The summed E-state index contributed by atoms with van der Waals surface area (Å²) in [5.74, 6) is 0.123. The van der Waals surface area contributed by atoms with E-state index < -0.39 is 0 Å². The smallest absolute Gasteiger partial charge is 0.195 e. The van der Waals surface area contributed by atoms with Gasteiger partial charge < -0.3 is 4.57 Å². The van der Waals surface area contributed by atoms with Crippen molar-refractivity contribution < 1.29 is 4.39 Å². The average Bonchev–Trinajstić information content (AvgIpc) is 2.65. The van der Waals surface area contributed by atoms with Gasteiger partial charge in [0.1, 0.15) is 5.82 Å². The highest BCUT2D eigenvalue weighted by molar-refractivity contribution is 7.71. The Morgan fingerprint density at radius 1 is 1.53 bits per heavy atom. The Morgan fingerprint density at radius 2 is 2.29 bits per heavy atom. The predicted octanol–water partition coefficient (Wildman–Crippen LogP) is 3.81. The molecule has 1 heterocycles. The average molecular weight is 272 g/mol. The molecule has 0 atom stereocenters. The zero-order valence-corrected chi connectivity index (χ0v) is 10.8. The van der Waals surface area contributed by atoms with E-state index in [1.807, 2.05) is 6.92 Å². The van der Waals surface area contributed by atoms with Crippen LogP contribution in [0.4, 0.5) is 4.39 Å². The molecule has 90 valence electrons. The first-order chi connectivity index (χ1) is 8.13. The lowest BCUT2D eigenvalue weighted by molar-refractivity contribution is 0.623. The van der Waals surface area contributed by atoms with E-state index in [-0.39, 0.29) is 5.82 Å². The first kappa shape index (κ1) is 12.3. The quantitative estimate of drug-likeness (QED) is 0.861. The summed E-state index contributed by atoms with van der Waals surface area (Å²) >= 11 is 11.0. The number of aromatic nitrogens is 3. The van der Waals surface area contributed by atoms with Crippen LogP contribution in [0, 0.1) is 10.6 Å².